The number of amides is 1. The second-order valence-electron chi connectivity index (χ2n) is 8.64. The van der Waals surface area contributed by atoms with Gasteiger partial charge in [0.05, 0.1) is 28.8 Å². The normalized spacial score (nSPS) is 16.4. The van der Waals surface area contributed by atoms with Crippen molar-refractivity contribution >= 4 is 46.3 Å². The number of Topliss-reactive ketones (excluding diaryl/α,β-unsaturated/α-hetero) is 1. The lowest BCUT2D eigenvalue weighted by molar-refractivity contribution is -0.132. The molecule has 196 valence electrons. The summed E-state index contributed by atoms with van der Waals surface area (Å²) in [6.45, 7) is 0. The van der Waals surface area contributed by atoms with Crippen molar-refractivity contribution in [2.75, 3.05) is 12.0 Å². The van der Waals surface area contributed by atoms with Crippen molar-refractivity contribution in [3.63, 3.8) is 0 Å². The molecule has 2 N–H and O–H groups in total. The second kappa shape index (κ2) is 10.7. The molecule has 1 heterocycles. The van der Waals surface area contributed by atoms with E-state index in [1.807, 2.05) is 30.3 Å². The summed E-state index contributed by atoms with van der Waals surface area (Å²) in [7, 11) is 1.40. The molecule has 1 unspecified atom stereocenters. The van der Waals surface area contributed by atoms with Crippen LogP contribution in [-0.2, 0) is 9.59 Å². The molecule has 39 heavy (non-hydrogen) atoms. The molecule has 0 spiro atoms. The van der Waals surface area contributed by atoms with Gasteiger partial charge in [-0.2, -0.15) is 0 Å². The minimum Gasteiger partial charge on any atom is -0.508 e. The van der Waals surface area contributed by atoms with Crippen molar-refractivity contribution < 1.29 is 29.3 Å². The number of phenolic OH excluding ortho intramolecular Hbond substituents is 1. The van der Waals surface area contributed by atoms with Gasteiger partial charge in [-0.3, -0.25) is 14.5 Å². The third kappa shape index (κ3) is 5.02. The molecule has 1 amide bonds. The topological polar surface area (TPSA) is 96.3 Å². The number of phenols is 1. The molecule has 0 aromatic heterocycles. The summed E-state index contributed by atoms with van der Waals surface area (Å²) in [4.78, 5) is 28.1. The van der Waals surface area contributed by atoms with E-state index in [1.54, 1.807) is 36.4 Å². The number of aliphatic hydroxyl groups is 1. The van der Waals surface area contributed by atoms with Gasteiger partial charge in [0.2, 0.25) is 0 Å². The number of hydrogen-bond donors (Lipinski definition) is 2. The molecule has 0 aliphatic carbocycles. The third-order valence-corrected chi connectivity index (χ3v) is 6.78. The minimum atomic E-state index is -1.01. The van der Waals surface area contributed by atoms with Crippen LogP contribution < -0.4 is 14.4 Å². The lowest BCUT2D eigenvalue weighted by atomic mass is 9.95. The van der Waals surface area contributed by atoms with Gasteiger partial charge in [0, 0.05) is 11.3 Å². The number of methoxy groups -OCH3 is 1. The molecule has 4 aromatic rings. The zero-order valence-electron chi connectivity index (χ0n) is 20.5. The van der Waals surface area contributed by atoms with Gasteiger partial charge < -0.3 is 19.7 Å². The number of para-hydroxylation sites is 1. The number of ether oxygens (including phenoxy) is 2. The van der Waals surface area contributed by atoms with E-state index in [2.05, 4.69) is 0 Å². The van der Waals surface area contributed by atoms with Crippen LogP contribution in [0.25, 0.3) is 5.76 Å². The quantitative estimate of drug-likeness (QED) is 0.148. The lowest BCUT2D eigenvalue weighted by Crippen LogP contribution is -2.29. The Morgan fingerprint density at radius 1 is 0.846 bits per heavy atom. The predicted molar refractivity (Wildman–Crippen MR) is 149 cm³/mol. The number of hydrogen-bond acceptors (Lipinski definition) is 6. The second-order valence-corrected chi connectivity index (χ2v) is 9.46. The largest absolute Gasteiger partial charge is 0.508 e. The molecule has 1 saturated heterocycles. The number of aromatic hydroxyl groups is 1. The molecule has 1 aliphatic heterocycles. The van der Waals surface area contributed by atoms with E-state index in [4.69, 9.17) is 32.7 Å². The first-order valence-electron chi connectivity index (χ1n) is 11.7. The van der Waals surface area contributed by atoms with Crippen LogP contribution in [0.15, 0.2) is 96.6 Å². The summed E-state index contributed by atoms with van der Waals surface area (Å²) >= 11 is 12.5. The van der Waals surface area contributed by atoms with Crippen LogP contribution >= 0.6 is 23.2 Å². The highest BCUT2D eigenvalue weighted by Crippen LogP contribution is 2.44. The Balaban J connectivity index is 1.61. The summed E-state index contributed by atoms with van der Waals surface area (Å²) in [5, 5.41) is 21.4. The standard InChI is InChI=1S/C30H21Cl2NO6/c1-38-29-23(31)15-18(16-24(29)32)27(35)25-26(17-7-11-20(34)12-8-17)33(30(37)28(25)36)19-9-13-22(14-10-19)39-21-5-3-2-4-6-21/h2-16,26,34-35H,1H3/b27-25+. The van der Waals surface area contributed by atoms with Crippen LogP contribution in [0.5, 0.6) is 23.0 Å². The van der Waals surface area contributed by atoms with Gasteiger partial charge in [-0.1, -0.05) is 53.5 Å². The molecule has 0 bridgehead atoms. The molecule has 1 atom stereocenters. The van der Waals surface area contributed by atoms with E-state index in [0.717, 1.165) is 0 Å². The fourth-order valence-corrected chi connectivity index (χ4v) is 5.06. The fraction of sp³-hybridized carbons (Fsp3) is 0.0667. The van der Waals surface area contributed by atoms with Crippen molar-refractivity contribution in [3.8, 4) is 23.0 Å². The van der Waals surface area contributed by atoms with Crippen LogP contribution in [0.2, 0.25) is 10.0 Å². The van der Waals surface area contributed by atoms with Crippen molar-refractivity contribution in [2.45, 2.75) is 6.04 Å². The van der Waals surface area contributed by atoms with Gasteiger partial charge in [-0.15, -0.1) is 0 Å². The summed E-state index contributed by atoms with van der Waals surface area (Å²) in [6, 6.07) is 23.7. The Morgan fingerprint density at radius 2 is 1.44 bits per heavy atom. The highest BCUT2D eigenvalue weighted by Gasteiger charge is 2.47. The van der Waals surface area contributed by atoms with Crippen molar-refractivity contribution in [1.82, 2.24) is 0 Å². The number of ketones is 1. The van der Waals surface area contributed by atoms with Gasteiger partial charge in [0.1, 0.15) is 23.0 Å². The Hall–Kier alpha value is -4.46. The smallest absolute Gasteiger partial charge is 0.300 e. The average Bonchev–Trinajstić information content (AvgIpc) is 3.19. The van der Waals surface area contributed by atoms with Gasteiger partial charge >= 0.3 is 0 Å². The molecular weight excluding hydrogens is 541 g/mol. The van der Waals surface area contributed by atoms with Crippen LogP contribution in [0.4, 0.5) is 5.69 Å². The van der Waals surface area contributed by atoms with E-state index in [9.17, 15) is 19.8 Å². The first-order valence-corrected chi connectivity index (χ1v) is 12.5. The highest BCUT2D eigenvalue weighted by atomic mass is 35.5. The molecule has 9 heteroatoms. The maximum atomic E-state index is 13.4. The van der Waals surface area contributed by atoms with Crippen LogP contribution in [0.3, 0.4) is 0 Å². The van der Waals surface area contributed by atoms with E-state index in [1.165, 1.54) is 36.3 Å². The number of halogens is 2. The van der Waals surface area contributed by atoms with Crippen LogP contribution in [0, 0.1) is 0 Å². The Kier molecular flexibility index (Phi) is 7.19. The number of nitrogens with zero attached hydrogens (tertiary/aromatic N) is 1. The number of aliphatic hydroxyl groups excluding tert-OH is 1. The molecule has 7 nitrogen and oxygen atoms in total. The van der Waals surface area contributed by atoms with E-state index >= 15 is 0 Å². The monoisotopic (exact) mass is 561 g/mol. The lowest BCUT2D eigenvalue weighted by Gasteiger charge is -2.25. The van der Waals surface area contributed by atoms with Gasteiger partial charge in [0.15, 0.2) is 5.75 Å². The summed E-state index contributed by atoms with van der Waals surface area (Å²) in [5.74, 6) is -0.786. The van der Waals surface area contributed by atoms with E-state index in [0.29, 0.717) is 22.7 Å². The number of carbonyl (C=O) groups is 2. The molecule has 1 aliphatic rings. The first-order chi connectivity index (χ1) is 18.8. The number of benzene rings is 4. The summed E-state index contributed by atoms with van der Waals surface area (Å²) < 4.78 is 11.0. The predicted octanol–water partition coefficient (Wildman–Crippen LogP) is 7.13. The van der Waals surface area contributed by atoms with E-state index < -0.39 is 23.5 Å². The average molecular weight is 562 g/mol. The zero-order valence-corrected chi connectivity index (χ0v) is 22.0. The molecular formula is C30H21Cl2NO6. The fourth-order valence-electron chi connectivity index (χ4n) is 4.42. The molecule has 5 rings (SSSR count). The Bertz CT molecular complexity index is 1560. The van der Waals surface area contributed by atoms with E-state index in [-0.39, 0.29) is 32.7 Å². The Labute approximate surface area is 234 Å². The zero-order chi connectivity index (χ0) is 27.7. The van der Waals surface area contributed by atoms with Crippen LogP contribution in [0.1, 0.15) is 17.2 Å². The summed E-state index contributed by atoms with van der Waals surface area (Å²) in [6.07, 6.45) is 0. The maximum Gasteiger partial charge on any atom is 0.300 e. The Morgan fingerprint density at radius 3 is 2.03 bits per heavy atom. The number of anilines is 1. The molecule has 1 fully saturated rings. The number of carbonyl (C=O) groups excluding carboxylic acids is 2. The summed E-state index contributed by atoms with van der Waals surface area (Å²) in [5.41, 5.74) is 0.871. The van der Waals surface area contributed by atoms with Gasteiger partial charge in [-0.25, -0.2) is 0 Å². The molecule has 0 radical (unpaired) electrons. The molecule has 4 aromatic carbocycles. The highest BCUT2D eigenvalue weighted by molar-refractivity contribution is 6.51. The SMILES string of the molecule is COc1c(Cl)cc(/C(O)=C2\C(=O)C(=O)N(c3ccc(Oc4ccccc4)cc3)C2c2ccc(O)cc2)cc1Cl. The van der Waals surface area contributed by atoms with Gasteiger partial charge in [-0.05, 0) is 66.2 Å². The minimum absolute atomic E-state index is 0.00633. The third-order valence-electron chi connectivity index (χ3n) is 6.22. The van der Waals surface area contributed by atoms with Crippen LogP contribution in [-0.4, -0.2) is 29.0 Å². The maximum absolute atomic E-state index is 13.4. The van der Waals surface area contributed by atoms with Crippen molar-refractivity contribution in [2.24, 2.45) is 0 Å². The first kappa shape index (κ1) is 26.2. The van der Waals surface area contributed by atoms with Gasteiger partial charge in [0.25, 0.3) is 11.7 Å². The number of rotatable bonds is 6. The van der Waals surface area contributed by atoms with Crippen molar-refractivity contribution in [1.29, 1.82) is 0 Å². The molecule has 0 saturated carbocycles. The van der Waals surface area contributed by atoms with Crippen molar-refractivity contribution in [3.05, 3.63) is 118 Å².